The maximum absolute atomic E-state index is 8.70. The molecule has 1 aromatic carbocycles. The monoisotopic (exact) mass is 275 g/mol. The summed E-state index contributed by atoms with van der Waals surface area (Å²) < 4.78 is 0. The zero-order valence-electron chi connectivity index (χ0n) is 12.8. The Hall–Kier alpha value is -1.55. The molecule has 1 saturated carbocycles. The van der Waals surface area contributed by atoms with Crippen LogP contribution in [-0.2, 0) is 6.54 Å². The van der Waals surface area contributed by atoms with E-state index in [4.69, 9.17) is 10.9 Å². The smallest absolute Gasteiger partial charge is 0.170 e. The van der Waals surface area contributed by atoms with Crippen molar-refractivity contribution < 1.29 is 5.21 Å². The number of benzene rings is 1. The summed E-state index contributed by atoms with van der Waals surface area (Å²) >= 11 is 0. The minimum atomic E-state index is 0.149. The van der Waals surface area contributed by atoms with Gasteiger partial charge in [0.25, 0.3) is 0 Å². The summed E-state index contributed by atoms with van der Waals surface area (Å²) in [7, 11) is 0. The highest BCUT2D eigenvalue weighted by Crippen LogP contribution is 2.67. The standard InChI is InChI=1S/C16H25N3O/c1-15(2)13(16(15,3)4)10-18-9-11-6-5-7-12(8-11)14(17)19-20/h5-8,13,18,20H,9-10H2,1-4H3,(H2,17,19). The number of hydrogen-bond acceptors (Lipinski definition) is 3. The van der Waals surface area contributed by atoms with E-state index in [-0.39, 0.29) is 5.84 Å². The third kappa shape index (κ3) is 2.52. The highest BCUT2D eigenvalue weighted by Gasteiger charge is 2.63. The molecule has 0 spiro atoms. The third-order valence-corrected chi connectivity index (χ3v) is 5.33. The van der Waals surface area contributed by atoms with Crippen LogP contribution in [0, 0.1) is 16.7 Å². The van der Waals surface area contributed by atoms with Gasteiger partial charge in [-0.25, -0.2) is 0 Å². The van der Waals surface area contributed by atoms with E-state index in [1.807, 2.05) is 24.3 Å². The Balaban J connectivity index is 1.90. The maximum Gasteiger partial charge on any atom is 0.170 e. The minimum Gasteiger partial charge on any atom is -0.409 e. The first-order chi connectivity index (χ1) is 9.30. The van der Waals surface area contributed by atoms with Gasteiger partial charge in [0.15, 0.2) is 5.84 Å². The largest absolute Gasteiger partial charge is 0.409 e. The lowest BCUT2D eigenvalue weighted by molar-refractivity contribution is 0.318. The molecule has 0 amide bonds. The van der Waals surface area contributed by atoms with Gasteiger partial charge in [-0.05, 0) is 34.9 Å². The van der Waals surface area contributed by atoms with E-state index in [2.05, 4.69) is 38.2 Å². The lowest BCUT2D eigenvalue weighted by Gasteiger charge is -2.07. The van der Waals surface area contributed by atoms with Gasteiger partial charge in [0, 0.05) is 12.1 Å². The van der Waals surface area contributed by atoms with Crippen molar-refractivity contribution >= 4 is 5.84 Å². The van der Waals surface area contributed by atoms with Crippen molar-refractivity contribution in [1.82, 2.24) is 5.32 Å². The van der Waals surface area contributed by atoms with E-state index in [0.29, 0.717) is 16.7 Å². The predicted molar refractivity (Wildman–Crippen MR) is 81.7 cm³/mol. The second kappa shape index (κ2) is 5.09. The van der Waals surface area contributed by atoms with Crippen LogP contribution in [-0.4, -0.2) is 17.6 Å². The number of nitrogens with two attached hydrogens (primary N) is 1. The highest BCUT2D eigenvalue weighted by molar-refractivity contribution is 5.97. The van der Waals surface area contributed by atoms with Crippen molar-refractivity contribution in [3.05, 3.63) is 35.4 Å². The number of hydrogen-bond donors (Lipinski definition) is 3. The summed E-state index contributed by atoms with van der Waals surface area (Å²) in [4.78, 5) is 0. The molecule has 0 aliphatic heterocycles. The van der Waals surface area contributed by atoms with Crippen LogP contribution in [0.2, 0.25) is 0 Å². The van der Waals surface area contributed by atoms with Crippen LogP contribution < -0.4 is 11.1 Å². The van der Waals surface area contributed by atoms with Crippen LogP contribution >= 0.6 is 0 Å². The van der Waals surface area contributed by atoms with Gasteiger partial charge in [-0.15, -0.1) is 0 Å². The fraction of sp³-hybridized carbons (Fsp3) is 0.562. The summed E-state index contributed by atoms with van der Waals surface area (Å²) in [5, 5.41) is 15.2. The van der Waals surface area contributed by atoms with E-state index in [1.165, 1.54) is 0 Å². The molecule has 1 aromatic rings. The summed E-state index contributed by atoms with van der Waals surface area (Å²) in [6.07, 6.45) is 0. The van der Waals surface area contributed by atoms with Crippen molar-refractivity contribution in [2.45, 2.75) is 34.2 Å². The molecule has 2 rings (SSSR count). The molecule has 1 aliphatic rings. The molecule has 0 saturated heterocycles. The summed E-state index contributed by atoms with van der Waals surface area (Å²) in [5.74, 6) is 0.860. The average molecular weight is 275 g/mol. The Bertz CT molecular complexity index is 506. The molecule has 4 heteroatoms. The molecule has 0 unspecified atom stereocenters. The highest BCUT2D eigenvalue weighted by atomic mass is 16.4. The normalized spacial score (nSPS) is 20.9. The van der Waals surface area contributed by atoms with Crippen LogP contribution in [0.1, 0.15) is 38.8 Å². The molecule has 0 heterocycles. The van der Waals surface area contributed by atoms with E-state index in [1.54, 1.807) is 0 Å². The molecule has 4 nitrogen and oxygen atoms in total. The SMILES string of the molecule is CC1(C)C(CNCc2cccc(C(N)=NO)c2)C1(C)C. The van der Waals surface area contributed by atoms with E-state index in [9.17, 15) is 0 Å². The van der Waals surface area contributed by atoms with Gasteiger partial charge in [0.05, 0.1) is 0 Å². The zero-order valence-corrected chi connectivity index (χ0v) is 12.8. The number of nitrogens with zero attached hydrogens (tertiary/aromatic N) is 1. The van der Waals surface area contributed by atoms with Gasteiger partial charge in [0.2, 0.25) is 0 Å². The molecule has 4 N–H and O–H groups in total. The first kappa shape index (κ1) is 14.9. The van der Waals surface area contributed by atoms with Gasteiger partial charge in [0.1, 0.15) is 0 Å². The Morgan fingerprint density at radius 1 is 1.30 bits per heavy atom. The summed E-state index contributed by atoms with van der Waals surface area (Å²) in [6.45, 7) is 11.1. The summed E-state index contributed by atoms with van der Waals surface area (Å²) in [5.41, 5.74) is 8.32. The van der Waals surface area contributed by atoms with E-state index >= 15 is 0 Å². The second-order valence-electron chi connectivity index (χ2n) is 6.81. The van der Waals surface area contributed by atoms with Crippen molar-refractivity contribution in [3.8, 4) is 0 Å². The van der Waals surface area contributed by atoms with Gasteiger partial charge in [-0.3, -0.25) is 0 Å². The van der Waals surface area contributed by atoms with Crippen LogP contribution in [0.4, 0.5) is 0 Å². The number of rotatable bonds is 5. The van der Waals surface area contributed by atoms with Crippen LogP contribution in [0.25, 0.3) is 0 Å². The molecule has 110 valence electrons. The molecular formula is C16H25N3O. The number of amidine groups is 1. The molecule has 1 fully saturated rings. The maximum atomic E-state index is 8.70. The lowest BCUT2D eigenvalue weighted by Crippen LogP contribution is -2.19. The topological polar surface area (TPSA) is 70.6 Å². The van der Waals surface area contributed by atoms with Crippen molar-refractivity contribution in [2.24, 2.45) is 27.6 Å². The molecule has 0 radical (unpaired) electrons. The zero-order chi connectivity index (χ0) is 15.0. The fourth-order valence-electron chi connectivity index (χ4n) is 3.10. The predicted octanol–water partition coefficient (Wildman–Crippen LogP) is 2.55. The second-order valence-corrected chi connectivity index (χ2v) is 6.81. The van der Waals surface area contributed by atoms with Crippen molar-refractivity contribution in [2.75, 3.05) is 6.54 Å². The van der Waals surface area contributed by atoms with Gasteiger partial charge < -0.3 is 16.3 Å². The third-order valence-electron chi connectivity index (χ3n) is 5.33. The Labute approximate surface area is 121 Å². The summed E-state index contributed by atoms with van der Waals surface area (Å²) in [6, 6.07) is 7.76. The first-order valence-electron chi connectivity index (χ1n) is 7.08. The molecule has 0 aromatic heterocycles. The Kier molecular flexibility index (Phi) is 3.78. The van der Waals surface area contributed by atoms with Gasteiger partial charge >= 0.3 is 0 Å². The molecule has 20 heavy (non-hydrogen) atoms. The minimum absolute atomic E-state index is 0.149. The van der Waals surface area contributed by atoms with Gasteiger partial charge in [-0.1, -0.05) is 51.0 Å². The molecular weight excluding hydrogens is 250 g/mol. The number of oxime groups is 1. The quantitative estimate of drug-likeness (QED) is 0.335. The van der Waals surface area contributed by atoms with Crippen molar-refractivity contribution in [3.63, 3.8) is 0 Å². The molecule has 0 bridgehead atoms. The van der Waals surface area contributed by atoms with Crippen LogP contribution in [0.3, 0.4) is 0 Å². The number of nitrogens with one attached hydrogen (secondary N) is 1. The van der Waals surface area contributed by atoms with Crippen LogP contribution in [0.5, 0.6) is 0 Å². The van der Waals surface area contributed by atoms with E-state index < -0.39 is 0 Å². The Morgan fingerprint density at radius 3 is 2.50 bits per heavy atom. The van der Waals surface area contributed by atoms with Crippen LogP contribution in [0.15, 0.2) is 29.4 Å². The van der Waals surface area contributed by atoms with E-state index in [0.717, 1.165) is 24.2 Å². The lowest BCUT2D eigenvalue weighted by atomic mass is 10.0. The van der Waals surface area contributed by atoms with Crippen molar-refractivity contribution in [1.29, 1.82) is 0 Å². The first-order valence-corrected chi connectivity index (χ1v) is 7.08. The fourth-order valence-corrected chi connectivity index (χ4v) is 3.10. The average Bonchev–Trinajstić information content (AvgIpc) is 2.80. The Morgan fingerprint density at radius 2 is 1.95 bits per heavy atom. The molecule has 1 aliphatic carbocycles. The molecule has 0 atom stereocenters. The van der Waals surface area contributed by atoms with Gasteiger partial charge in [-0.2, -0.15) is 0 Å².